The zero-order valence-corrected chi connectivity index (χ0v) is 10.7. The summed E-state index contributed by atoms with van der Waals surface area (Å²) in [5.41, 5.74) is 0. The van der Waals surface area contributed by atoms with Crippen molar-refractivity contribution in [3.63, 3.8) is 0 Å². The van der Waals surface area contributed by atoms with Crippen LogP contribution in [0.25, 0.3) is 0 Å². The highest BCUT2D eigenvalue weighted by atomic mass is 35.5. The number of methoxy groups -OCH3 is 1. The summed E-state index contributed by atoms with van der Waals surface area (Å²) in [6.07, 6.45) is 0.492. The lowest BCUT2D eigenvalue weighted by molar-refractivity contribution is -0.141. The van der Waals surface area contributed by atoms with Crippen molar-refractivity contribution in [2.24, 2.45) is 0 Å². The minimum atomic E-state index is -0.410. The molecule has 0 bridgehead atoms. The highest BCUT2D eigenvalue weighted by molar-refractivity contribution is 5.85. The van der Waals surface area contributed by atoms with Crippen LogP contribution in [0, 0.1) is 0 Å². The van der Waals surface area contributed by atoms with Crippen LogP contribution < -0.4 is 10.6 Å². The summed E-state index contributed by atoms with van der Waals surface area (Å²) in [6, 6.07) is 0. The molecule has 1 fully saturated rings. The third kappa shape index (κ3) is 6.45. The number of nitrogens with one attached hydrogen (secondary N) is 2. The molecule has 7 heteroatoms. The van der Waals surface area contributed by atoms with Crippen LogP contribution in [0.2, 0.25) is 0 Å². The minimum absolute atomic E-state index is 0. The molecule has 1 atom stereocenters. The number of esters is 1. The number of halogens is 1. The van der Waals surface area contributed by atoms with Gasteiger partial charge in [-0.1, -0.05) is 0 Å². The van der Waals surface area contributed by atoms with Crippen molar-refractivity contribution in [1.29, 1.82) is 0 Å². The van der Waals surface area contributed by atoms with Crippen LogP contribution in [0.3, 0.4) is 0 Å². The Kier molecular flexibility index (Phi) is 8.75. The third-order valence-electron chi connectivity index (χ3n) is 2.30. The molecular weight excluding hydrogens is 248 g/mol. The zero-order valence-electron chi connectivity index (χ0n) is 9.86. The average Bonchev–Trinajstić information content (AvgIpc) is 2.35. The fourth-order valence-electron chi connectivity index (χ4n) is 1.39. The van der Waals surface area contributed by atoms with Gasteiger partial charge in [0.25, 0.3) is 0 Å². The normalized spacial score (nSPS) is 19.0. The van der Waals surface area contributed by atoms with Crippen LogP contribution in [0.5, 0.6) is 0 Å². The maximum Gasteiger partial charge on any atom is 0.305 e. The number of carbonyl (C=O) groups excluding carboxylic acids is 2. The van der Waals surface area contributed by atoms with Crippen molar-refractivity contribution in [2.45, 2.75) is 18.9 Å². The summed E-state index contributed by atoms with van der Waals surface area (Å²) in [5, 5.41) is 5.79. The van der Waals surface area contributed by atoms with E-state index in [0.717, 1.165) is 6.54 Å². The first-order chi connectivity index (χ1) is 7.74. The van der Waals surface area contributed by atoms with Crippen LogP contribution in [0.4, 0.5) is 0 Å². The van der Waals surface area contributed by atoms with Gasteiger partial charge in [0.05, 0.1) is 13.7 Å². The Morgan fingerprint density at radius 2 is 2.29 bits per heavy atom. The molecular formula is C10H19ClN2O4. The van der Waals surface area contributed by atoms with E-state index in [1.807, 2.05) is 0 Å². The molecule has 0 aromatic heterocycles. The predicted octanol–water partition coefficient (Wildman–Crippen LogP) is -0.534. The number of carbonyl (C=O) groups is 2. The first kappa shape index (κ1) is 16.1. The van der Waals surface area contributed by atoms with E-state index in [0.29, 0.717) is 32.5 Å². The molecule has 0 spiro atoms. The van der Waals surface area contributed by atoms with Crippen LogP contribution in [-0.2, 0) is 19.1 Å². The lowest BCUT2D eigenvalue weighted by Gasteiger charge is -2.22. The molecule has 1 amide bonds. The summed E-state index contributed by atoms with van der Waals surface area (Å²) in [7, 11) is 1.35. The van der Waals surface area contributed by atoms with Gasteiger partial charge in [0.15, 0.2) is 0 Å². The van der Waals surface area contributed by atoms with Crippen molar-refractivity contribution >= 4 is 24.3 Å². The molecule has 0 saturated carbocycles. The van der Waals surface area contributed by atoms with Crippen LogP contribution in [-0.4, -0.2) is 51.3 Å². The second-order valence-electron chi connectivity index (χ2n) is 3.53. The Labute approximate surface area is 107 Å². The molecule has 2 N–H and O–H groups in total. The van der Waals surface area contributed by atoms with Crippen molar-refractivity contribution in [3.8, 4) is 0 Å². The van der Waals surface area contributed by atoms with Crippen molar-refractivity contribution in [1.82, 2.24) is 10.6 Å². The maximum atomic E-state index is 11.5. The molecule has 0 aliphatic carbocycles. The number of rotatable bonds is 5. The monoisotopic (exact) mass is 266 g/mol. The van der Waals surface area contributed by atoms with Crippen molar-refractivity contribution in [2.75, 3.05) is 33.4 Å². The summed E-state index contributed by atoms with van der Waals surface area (Å²) < 4.78 is 9.76. The lowest BCUT2D eigenvalue weighted by atomic mass is 10.2. The maximum absolute atomic E-state index is 11.5. The van der Waals surface area contributed by atoms with Gasteiger partial charge in [0.2, 0.25) is 5.91 Å². The number of ether oxygens (including phenoxy) is 2. The molecule has 1 aliphatic heterocycles. The predicted molar refractivity (Wildman–Crippen MR) is 64.1 cm³/mol. The van der Waals surface area contributed by atoms with E-state index in [1.54, 1.807) is 0 Å². The summed E-state index contributed by atoms with van der Waals surface area (Å²) in [6.45, 7) is 2.35. The number of hydrogen-bond donors (Lipinski definition) is 2. The van der Waals surface area contributed by atoms with E-state index in [4.69, 9.17) is 4.74 Å². The molecule has 0 aromatic carbocycles. The summed E-state index contributed by atoms with van der Waals surface area (Å²) in [5.74, 6) is -0.387. The Morgan fingerprint density at radius 3 is 2.88 bits per heavy atom. The van der Waals surface area contributed by atoms with Gasteiger partial charge < -0.3 is 20.1 Å². The van der Waals surface area contributed by atoms with Crippen molar-refractivity contribution < 1.29 is 19.1 Å². The zero-order chi connectivity index (χ0) is 11.8. The van der Waals surface area contributed by atoms with Gasteiger partial charge in [0.1, 0.15) is 6.10 Å². The standard InChI is InChI=1S/C10H18N2O4.ClH/c1-15-9(13)3-2-4-12-10(14)8-7-11-5-6-16-8;/h8,11H,2-7H2,1H3,(H,12,14);1H. The van der Waals surface area contributed by atoms with E-state index in [-0.39, 0.29) is 24.3 Å². The second kappa shape index (κ2) is 9.21. The van der Waals surface area contributed by atoms with Gasteiger partial charge in [0, 0.05) is 26.1 Å². The second-order valence-corrected chi connectivity index (χ2v) is 3.53. The number of amides is 1. The van der Waals surface area contributed by atoms with Crippen LogP contribution >= 0.6 is 12.4 Å². The molecule has 100 valence electrons. The van der Waals surface area contributed by atoms with E-state index in [1.165, 1.54) is 7.11 Å². The number of morpholine rings is 1. The molecule has 1 aliphatic rings. The molecule has 1 unspecified atom stereocenters. The SMILES string of the molecule is COC(=O)CCCNC(=O)C1CNCCO1.Cl. The highest BCUT2D eigenvalue weighted by Crippen LogP contribution is 1.96. The van der Waals surface area contributed by atoms with Crippen LogP contribution in [0.1, 0.15) is 12.8 Å². The topological polar surface area (TPSA) is 76.7 Å². The highest BCUT2D eigenvalue weighted by Gasteiger charge is 2.20. The van der Waals surface area contributed by atoms with Gasteiger partial charge >= 0.3 is 5.97 Å². The first-order valence-electron chi connectivity index (χ1n) is 5.41. The van der Waals surface area contributed by atoms with Crippen molar-refractivity contribution in [3.05, 3.63) is 0 Å². The Hall–Kier alpha value is -0.850. The Balaban J connectivity index is 0.00000256. The Bertz CT molecular complexity index is 244. The molecule has 1 saturated heterocycles. The molecule has 1 rings (SSSR count). The number of hydrogen-bond acceptors (Lipinski definition) is 5. The van der Waals surface area contributed by atoms with Gasteiger partial charge in [-0.3, -0.25) is 9.59 Å². The minimum Gasteiger partial charge on any atom is -0.469 e. The fraction of sp³-hybridized carbons (Fsp3) is 0.800. The van der Waals surface area contributed by atoms with E-state index in [2.05, 4.69) is 15.4 Å². The molecule has 1 heterocycles. The fourth-order valence-corrected chi connectivity index (χ4v) is 1.39. The van der Waals surface area contributed by atoms with Gasteiger partial charge in [-0.05, 0) is 6.42 Å². The van der Waals surface area contributed by atoms with E-state index in [9.17, 15) is 9.59 Å². The largest absolute Gasteiger partial charge is 0.469 e. The quantitative estimate of drug-likeness (QED) is 0.517. The summed E-state index contributed by atoms with van der Waals surface area (Å²) in [4.78, 5) is 22.3. The van der Waals surface area contributed by atoms with Gasteiger partial charge in [-0.25, -0.2) is 0 Å². The lowest BCUT2D eigenvalue weighted by Crippen LogP contribution is -2.48. The molecule has 0 radical (unpaired) electrons. The van der Waals surface area contributed by atoms with E-state index < -0.39 is 6.10 Å². The smallest absolute Gasteiger partial charge is 0.305 e. The van der Waals surface area contributed by atoms with Crippen LogP contribution in [0.15, 0.2) is 0 Å². The molecule has 17 heavy (non-hydrogen) atoms. The van der Waals surface area contributed by atoms with E-state index >= 15 is 0 Å². The van der Waals surface area contributed by atoms with Gasteiger partial charge in [-0.15, -0.1) is 12.4 Å². The molecule has 6 nitrogen and oxygen atoms in total. The Morgan fingerprint density at radius 1 is 1.53 bits per heavy atom. The first-order valence-corrected chi connectivity index (χ1v) is 5.41. The average molecular weight is 267 g/mol. The van der Waals surface area contributed by atoms with Gasteiger partial charge in [-0.2, -0.15) is 0 Å². The molecule has 0 aromatic rings. The summed E-state index contributed by atoms with van der Waals surface area (Å²) >= 11 is 0. The third-order valence-corrected chi connectivity index (χ3v) is 2.30.